The molecular weight excluding hydrogens is 273 g/mol. The van der Waals surface area contributed by atoms with Crippen molar-refractivity contribution < 1.29 is 19.1 Å². The number of carbonyl (C=O) groups is 2. The first-order chi connectivity index (χ1) is 9.92. The van der Waals surface area contributed by atoms with E-state index in [1.165, 1.54) is 6.07 Å². The Morgan fingerprint density at radius 3 is 2.57 bits per heavy atom. The molecule has 0 saturated heterocycles. The number of carboxylic acids is 1. The Balaban J connectivity index is 1.96. The molecule has 4 nitrogen and oxygen atoms in total. The average molecular weight is 293 g/mol. The summed E-state index contributed by atoms with van der Waals surface area (Å²) >= 11 is 0. The van der Waals surface area contributed by atoms with E-state index in [2.05, 4.69) is 5.32 Å². The van der Waals surface area contributed by atoms with Crippen molar-refractivity contribution in [3.63, 3.8) is 0 Å². The number of carbonyl (C=O) groups excluding carboxylic acids is 1. The lowest BCUT2D eigenvalue weighted by molar-refractivity contribution is -0.140. The highest BCUT2D eigenvalue weighted by Gasteiger charge is 2.40. The van der Waals surface area contributed by atoms with Gasteiger partial charge in [0.05, 0.1) is 12.0 Å². The number of hydrogen-bond donors (Lipinski definition) is 2. The zero-order valence-electron chi connectivity index (χ0n) is 12.1. The quantitative estimate of drug-likeness (QED) is 0.847. The fourth-order valence-corrected chi connectivity index (χ4v) is 2.71. The van der Waals surface area contributed by atoms with Crippen molar-refractivity contribution in [1.29, 1.82) is 0 Å². The van der Waals surface area contributed by atoms with Gasteiger partial charge in [-0.1, -0.05) is 25.1 Å². The Labute approximate surface area is 123 Å². The van der Waals surface area contributed by atoms with Gasteiger partial charge >= 0.3 is 5.97 Å². The van der Waals surface area contributed by atoms with Crippen LogP contribution in [0.1, 0.15) is 38.2 Å². The van der Waals surface area contributed by atoms with Crippen molar-refractivity contribution in [2.45, 2.75) is 44.6 Å². The lowest BCUT2D eigenvalue weighted by atomic mass is 9.74. The van der Waals surface area contributed by atoms with Crippen molar-refractivity contribution in [2.75, 3.05) is 0 Å². The third-order valence-electron chi connectivity index (χ3n) is 4.12. The second kappa shape index (κ2) is 6.24. The zero-order valence-corrected chi connectivity index (χ0v) is 12.1. The van der Waals surface area contributed by atoms with Crippen LogP contribution in [0.4, 0.5) is 4.39 Å². The molecule has 1 aromatic carbocycles. The summed E-state index contributed by atoms with van der Waals surface area (Å²) in [5.41, 5.74) is -0.104. The monoisotopic (exact) mass is 293 g/mol. The first kappa shape index (κ1) is 15.5. The Morgan fingerprint density at radius 1 is 1.38 bits per heavy atom. The molecule has 5 heteroatoms. The number of hydrogen-bond acceptors (Lipinski definition) is 2. The van der Waals surface area contributed by atoms with Crippen LogP contribution in [-0.4, -0.2) is 22.5 Å². The van der Waals surface area contributed by atoms with Gasteiger partial charge in [-0.2, -0.15) is 0 Å². The highest BCUT2D eigenvalue weighted by Crippen LogP contribution is 2.35. The van der Waals surface area contributed by atoms with Crippen molar-refractivity contribution >= 4 is 11.9 Å². The first-order valence-electron chi connectivity index (χ1n) is 7.19. The summed E-state index contributed by atoms with van der Waals surface area (Å²) in [6, 6.07) is 6.38. The topological polar surface area (TPSA) is 66.4 Å². The largest absolute Gasteiger partial charge is 0.481 e. The highest BCUT2D eigenvalue weighted by atomic mass is 19.1. The van der Waals surface area contributed by atoms with E-state index in [1.807, 2.05) is 0 Å². The van der Waals surface area contributed by atoms with Crippen LogP contribution in [0.15, 0.2) is 24.3 Å². The maximum atomic E-state index is 13.6. The SMILES string of the molecule is CC(Cc1ccccc1F)C(=O)NC1(CC(=O)O)CCC1. The van der Waals surface area contributed by atoms with Crippen molar-refractivity contribution in [3.8, 4) is 0 Å². The lowest BCUT2D eigenvalue weighted by Gasteiger charge is -2.42. The molecule has 1 atom stereocenters. The summed E-state index contributed by atoms with van der Waals surface area (Å²) in [5.74, 6) is -1.83. The maximum absolute atomic E-state index is 13.6. The van der Waals surface area contributed by atoms with E-state index in [0.717, 1.165) is 6.42 Å². The van der Waals surface area contributed by atoms with Gasteiger partial charge in [0.15, 0.2) is 0 Å². The lowest BCUT2D eigenvalue weighted by Crippen LogP contribution is -2.56. The van der Waals surface area contributed by atoms with Crippen LogP contribution in [-0.2, 0) is 16.0 Å². The minimum atomic E-state index is -0.906. The molecule has 1 unspecified atom stereocenters. The van der Waals surface area contributed by atoms with Gasteiger partial charge in [0.1, 0.15) is 5.82 Å². The molecule has 1 amide bonds. The number of carboxylic acid groups (broad SMARTS) is 1. The zero-order chi connectivity index (χ0) is 15.5. The molecule has 114 valence electrons. The van der Waals surface area contributed by atoms with E-state index in [0.29, 0.717) is 24.8 Å². The molecule has 0 aliphatic heterocycles. The highest BCUT2D eigenvalue weighted by molar-refractivity contribution is 5.80. The van der Waals surface area contributed by atoms with Crippen molar-refractivity contribution in [1.82, 2.24) is 5.32 Å². The Bertz CT molecular complexity index is 540. The molecule has 0 bridgehead atoms. The molecule has 1 aliphatic carbocycles. The van der Waals surface area contributed by atoms with Crippen LogP contribution in [0.25, 0.3) is 0 Å². The molecule has 1 aromatic rings. The Kier molecular flexibility index (Phi) is 4.60. The number of benzene rings is 1. The number of halogens is 1. The summed E-state index contributed by atoms with van der Waals surface area (Å²) in [4.78, 5) is 23.1. The molecule has 2 N–H and O–H groups in total. The van der Waals surface area contributed by atoms with E-state index in [4.69, 9.17) is 5.11 Å². The summed E-state index contributed by atoms with van der Waals surface area (Å²) in [6.45, 7) is 1.73. The standard InChI is InChI=1S/C16H20FNO3/c1-11(9-12-5-2-3-6-13(12)17)15(21)18-16(7-4-8-16)10-14(19)20/h2-3,5-6,11H,4,7-10H2,1H3,(H,18,21)(H,19,20). The second-order valence-electron chi connectivity index (χ2n) is 5.89. The minimum absolute atomic E-state index is 0.0504. The molecule has 0 radical (unpaired) electrons. The summed E-state index contributed by atoms with van der Waals surface area (Å²) in [7, 11) is 0. The third kappa shape index (κ3) is 3.80. The maximum Gasteiger partial charge on any atom is 0.305 e. The molecule has 21 heavy (non-hydrogen) atoms. The summed E-state index contributed by atoms with van der Waals surface area (Å²) in [6.07, 6.45) is 2.57. The second-order valence-corrected chi connectivity index (χ2v) is 5.89. The minimum Gasteiger partial charge on any atom is -0.481 e. The molecule has 2 rings (SSSR count). The fraction of sp³-hybridized carbons (Fsp3) is 0.500. The fourth-order valence-electron chi connectivity index (χ4n) is 2.71. The Hall–Kier alpha value is -1.91. The van der Waals surface area contributed by atoms with Gasteiger partial charge in [0.25, 0.3) is 0 Å². The van der Waals surface area contributed by atoms with Crippen LogP contribution >= 0.6 is 0 Å². The first-order valence-corrected chi connectivity index (χ1v) is 7.19. The number of rotatable bonds is 6. The van der Waals surface area contributed by atoms with Gasteiger partial charge in [-0.05, 0) is 37.3 Å². The van der Waals surface area contributed by atoms with Crippen LogP contribution in [0.5, 0.6) is 0 Å². The van der Waals surface area contributed by atoms with Crippen LogP contribution in [0.2, 0.25) is 0 Å². The van der Waals surface area contributed by atoms with Crippen molar-refractivity contribution in [3.05, 3.63) is 35.6 Å². The van der Waals surface area contributed by atoms with Gasteiger partial charge in [-0.3, -0.25) is 9.59 Å². The number of nitrogens with one attached hydrogen (secondary N) is 1. The normalized spacial score (nSPS) is 17.6. The van der Waals surface area contributed by atoms with Gasteiger partial charge in [-0.25, -0.2) is 4.39 Å². The predicted molar refractivity (Wildman–Crippen MR) is 76.2 cm³/mol. The molecular formula is C16H20FNO3. The van der Waals surface area contributed by atoms with E-state index in [-0.39, 0.29) is 18.1 Å². The third-order valence-corrected chi connectivity index (χ3v) is 4.12. The molecule has 0 heterocycles. The van der Waals surface area contributed by atoms with Gasteiger partial charge in [-0.15, -0.1) is 0 Å². The van der Waals surface area contributed by atoms with Crippen LogP contribution in [0, 0.1) is 11.7 Å². The summed E-state index contributed by atoms with van der Waals surface area (Å²) in [5, 5.41) is 11.8. The summed E-state index contributed by atoms with van der Waals surface area (Å²) < 4.78 is 13.6. The predicted octanol–water partition coefficient (Wildman–Crippen LogP) is 2.52. The van der Waals surface area contributed by atoms with E-state index in [1.54, 1.807) is 25.1 Å². The van der Waals surface area contributed by atoms with E-state index < -0.39 is 17.4 Å². The molecule has 0 spiro atoms. The number of amides is 1. The molecule has 1 fully saturated rings. The smallest absolute Gasteiger partial charge is 0.305 e. The average Bonchev–Trinajstić information content (AvgIpc) is 2.38. The molecule has 1 saturated carbocycles. The van der Waals surface area contributed by atoms with Crippen LogP contribution < -0.4 is 5.32 Å². The van der Waals surface area contributed by atoms with Crippen LogP contribution in [0.3, 0.4) is 0 Å². The van der Waals surface area contributed by atoms with E-state index in [9.17, 15) is 14.0 Å². The van der Waals surface area contributed by atoms with E-state index >= 15 is 0 Å². The van der Waals surface area contributed by atoms with Crippen molar-refractivity contribution in [2.24, 2.45) is 5.92 Å². The number of aliphatic carboxylic acids is 1. The molecule has 0 aromatic heterocycles. The Morgan fingerprint density at radius 2 is 2.05 bits per heavy atom. The van der Waals surface area contributed by atoms with Gasteiger partial charge in [0.2, 0.25) is 5.91 Å². The molecule has 1 aliphatic rings. The van der Waals surface area contributed by atoms with Gasteiger partial charge in [0, 0.05) is 5.92 Å². The van der Waals surface area contributed by atoms with Gasteiger partial charge < -0.3 is 10.4 Å².